The Morgan fingerprint density at radius 1 is 1.36 bits per heavy atom. The Labute approximate surface area is 215 Å². The van der Waals surface area contributed by atoms with Crippen molar-refractivity contribution in [1.29, 1.82) is 0 Å². The van der Waals surface area contributed by atoms with Crippen molar-refractivity contribution in [3.05, 3.63) is 77.7 Å². The molecule has 2 heterocycles. The minimum atomic E-state index is -3.00. The molecule has 0 radical (unpaired) electrons. The molecule has 1 saturated heterocycles. The molecule has 3 N–H and O–H groups in total. The number of aliphatic hydroxyl groups excluding tert-OH is 1. The number of halogens is 2. The van der Waals surface area contributed by atoms with Gasteiger partial charge in [0.2, 0.25) is 0 Å². The molecule has 0 spiro atoms. The van der Waals surface area contributed by atoms with Crippen LogP contribution in [0, 0.1) is 12.3 Å². The van der Waals surface area contributed by atoms with E-state index in [0.717, 1.165) is 16.8 Å². The fourth-order valence-electron chi connectivity index (χ4n) is 3.56. The number of likely N-dealkylation sites (tertiary alicyclic amines) is 1. The van der Waals surface area contributed by atoms with Gasteiger partial charge < -0.3 is 20.3 Å². The predicted molar refractivity (Wildman–Crippen MR) is 144 cm³/mol. The lowest BCUT2D eigenvalue weighted by Gasteiger charge is -2.20. The summed E-state index contributed by atoms with van der Waals surface area (Å²) in [6, 6.07) is 9.75. The first-order valence-corrected chi connectivity index (χ1v) is 12.3. The molecule has 1 aliphatic heterocycles. The number of alkyl halides is 2. The van der Waals surface area contributed by atoms with Crippen LogP contribution < -0.4 is 5.73 Å². The normalized spacial score (nSPS) is 17.7. The number of aromatic nitrogens is 1. The highest BCUT2D eigenvalue weighted by Gasteiger charge is 2.45. The summed E-state index contributed by atoms with van der Waals surface area (Å²) in [5.74, 6) is 0.468. The summed E-state index contributed by atoms with van der Waals surface area (Å²) in [4.78, 5) is 13.9. The number of carbonyl (C=O) groups excluding carboxylic acids is 1. The molecule has 198 valence electrons. The number of rotatable bonds is 6. The molecule has 1 amide bonds. The molecule has 0 bridgehead atoms. The number of aryl methyl sites for hydroxylation is 1. The number of benzene rings is 1. The molecule has 1 aliphatic rings. The van der Waals surface area contributed by atoms with Crippen LogP contribution in [0.1, 0.15) is 45.9 Å². The maximum atomic E-state index is 12.7. The van der Waals surface area contributed by atoms with Gasteiger partial charge in [0.1, 0.15) is 17.6 Å². The van der Waals surface area contributed by atoms with Gasteiger partial charge in [-0.05, 0) is 13.8 Å². The highest BCUT2D eigenvalue weighted by atomic mass is 31.0. The third kappa shape index (κ3) is 7.84. The van der Waals surface area contributed by atoms with Crippen LogP contribution in [0.2, 0.25) is 0 Å². The van der Waals surface area contributed by atoms with Crippen LogP contribution in [-0.4, -0.2) is 39.4 Å². The lowest BCUT2D eigenvalue weighted by molar-refractivity contribution is -0.136. The van der Waals surface area contributed by atoms with Crippen LogP contribution in [0.5, 0.6) is 0 Å². The van der Waals surface area contributed by atoms with Gasteiger partial charge in [0.25, 0.3) is 11.6 Å². The van der Waals surface area contributed by atoms with Crippen molar-refractivity contribution < 1.29 is 23.2 Å². The van der Waals surface area contributed by atoms with Crippen molar-refractivity contribution in [2.24, 2.45) is 11.1 Å². The quantitative estimate of drug-likeness (QED) is 0.368. The predicted octanol–water partition coefficient (Wildman–Crippen LogP) is 5.83. The van der Waals surface area contributed by atoms with Gasteiger partial charge in [0, 0.05) is 34.4 Å². The molecule has 0 saturated carbocycles. The summed E-state index contributed by atoms with van der Waals surface area (Å²) in [6.07, 6.45) is 2.95. The maximum Gasteiger partial charge on any atom is 0.285 e. The third-order valence-corrected chi connectivity index (χ3v) is 5.84. The van der Waals surface area contributed by atoms with Gasteiger partial charge in [0.05, 0.1) is 6.54 Å². The molecule has 2 unspecified atom stereocenters. The number of aliphatic hydroxyl groups is 1. The van der Waals surface area contributed by atoms with E-state index in [1.165, 1.54) is 27.5 Å². The van der Waals surface area contributed by atoms with Gasteiger partial charge in [-0.1, -0.05) is 97.2 Å². The largest absolute Gasteiger partial charge is 0.399 e. The Hall–Kier alpha value is -2.83. The Morgan fingerprint density at radius 3 is 2.39 bits per heavy atom. The second kappa shape index (κ2) is 13.5. The third-order valence-electron chi connectivity index (χ3n) is 5.53. The summed E-state index contributed by atoms with van der Waals surface area (Å²) in [7, 11) is 1.43. The Morgan fingerprint density at radius 2 is 1.94 bits per heavy atom. The average Bonchev–Trinajstić information content (AvgIpc) is 3.30. The minimum absolute atomic E-state index is 0.0647. The van der Waals surface area contributed by atoms with Crippen LogP contribution >= 0.6 is 9.24 Å². The molecule has 2 atom stereocenters. The van der Waals surface area contributed by atoms with Gasteiger partial charge in [-0.15, -0.1) is 0 Å². The number of amides is 1. The van der Waals surface area contributed by atoms with Crippen molar-refractivity contribution in [3.63, 3.8) is 0 Å². The van der Waals surface area contributed by atoms with E-state index in [0.29, 0.717) is 18.8 Å². The number of hydrogen-bond donors (Lipinski definition) is 2. The zero-order chi connectivity index (χ0) is 27.7. The highest BCUT2D eigenvalue weighted by molar-refractivity contribution is 7.18. The van der Waals surface area contributed by atoms with Crippen molar-refractivity contribution in [1.82, 2.24) is 10.1 Å². The van der Waals surface area contributed by atoms with Crippen molar-refractivity contribution >= 4 is 15.1 Å². The second-order valence-electron chi connectivity index (χ2n) is 8.70. The summed E-state index contributed by atoms with van der Waals surface area (Å²) >= 11 is 0. The van der Waals surface area contributed by atoms with Crippen LogP contribution in [0.25, 0.3) is 11.3 Å². The number of allylic oxidation sites excluding steroid dienone is 4. The van der Waals surface area contributed by atoms with Gasteiger partial charge in [-0.25, -0.2) is 0 Å². The standard InChI is InChI=1S/C17H20N2O3.C8H12F2NP.C2H6/c1-11-13(9-19-10-17(2,3)15(20)16(19)21)14(18-22-11)12-7-5-4-6-8-12;1-3-5-6(7(11)4-2)8(9,10)12;1-2/h4-8,15,20H,9-10H2,1-3H3;3-5H,1,11-12H2,2H3;1-2H3/b;6-5+,7-4+;. The average molecular weight is 522 g/mol. The zero-order valence-electron chi connectivity index (χ0n) is 21.9. The monoisotopic (exact) mass is 521 g/mol. The first-order chi connectivity index (χ1) is 16.8. The first-order valence-electron chi connectivity index (χ1n) is 11.7. The molecule has 0 aliphatic carbocycles. The van der Waals surface area contributed by atoms with E-state index in [2.05, 4.69) is 11.7 Å². The van der Waals surface area contributed by atoms with Crippen molar-refractivity contribution in [2.45, 2.75) is 59.9 Å². The lowest BCUT2D eigenvalue weighted by atomic mass is 9.90. The number of nitrogens with zero attached hydrogens (tertiary/aromatic N) is 2. The molecule has 36 heavy (non-hydrogen) atoms. The maximum absolute atomic E-state index is 12.7. The Balaban J connectivity index is 0.000000396. The van der Waals surface area contributed by atoms with E-state index in [9.17, 15) is 18.7 Å². The second-order valence-corrected chi connectivity index (χ2v) is 9.43. The number of carbonyl (C=O) groups is 1. The van der Waals surface area contributed by atoms with Gasteiger partial charge in [-0.3, -0.25) is 4.79 Å². The number of nitrogens with two attached hydrogens (primary N) is 1. The van der Waals surface area contributed by atoms with Crippen molar-refractivity contribution in [3.8, 4) is 11.3 Å². The van der Waals surface area contributed by atoms with E-state index in [1.807, 2.05) is 65.0 Å². The molecule has 3 rings (SSSR count). The molecule has 1 fully saturated rings. The molecule has 6 nitrogen and oxygen atoms in total. The summed E-state index contributed by atoms with van der Waals surface area (Å²) < 4.78 is 30.8. The molecule has 1 aromatic heterocycles. The Bertz CT molecular complexity index is 1070. The lowest BCUT2D eigenvalue weighted by Crippen LogP contribution is -2.30. The molecule has 9 heteroatoms. The van der Waals surface area contributed by atoms with Crippen LogP contribution in [0.15, 0.2) is 70.9 Å². The topological polar surface area (TPSA) is 92.6 Å². The van der Waals surface area contributed by atoms with E-state index in [1.54, 1.807) is 11.8 Å². The van der Waals surface area contributed by atoms with Crippen LogP contribution in [0.4, 0.5) is 8.78 Å². The zero-order valence-corrected chi connectivity index (χ0v) is 23.0. The fourth-order valence-corrected chi connectivity index (χ4v) is 3.82. The van der Waals surface area contributed by atoms with E-state index >= 15 is 0 Å². The van der Waals surface area contributed by atoms with Crippen LogP contribution in [0.3, 0.4) is 0 Å². The van der Waals surface area contributed by atoms with Gasteiger partial charge in [-0.2, -0.15) is 8.78 Å². The van der Waals surface area contributed by atoms with Gasteiger partial charge >= 0.3 is 0 Å². The highest BCUT2D eigenvalue weighted by Crippen LogP contribution is 2.35. The van der Waals surface area contributed by atoms with E-state index < -0.39 is 17.2 Å². The molecular formula is C27H38F2N3O3P. The molecule has 2 aromatic rings. The van der Waals surface area contributed by atoms with E-state index in [4.69, 9.17) is 10.3 Å². The summed E-state index contributed by atoms with van der Waals surface area (Å²) in [5.41, 5.74) is 4.35. The van der Waals surface area contributed by atoms with Crippen molar-refractivity contribution in [2.75, 3.05) is 6.54 Å². The molecular weight excluding hydrogens is 483 g/mol. The SMILES string of the molecule is C=C/C=C(\C(N)=C/C)C(F)(F)P.CC.Cc1onc(-c2ccccc2)c1CN1CC(C)(C)C(O)C1=O. The fraction of sp³-hybridized carbons (Fsp3) is 0.407. The molecule has 1 aromatic carbocycles. The van der Waals surface area contributed by atoms with E-state index in [-0.39, 0.29) is 17.2 Å². The summed E-state index contributed by atoms with van der Waals surface area (Å²) in [5, 5.41) is 14.2. The van der Waals surface area contributed by atoms with Crippen LogP contribution in [-0.2, 0) is 11.3 Å². The first kappa shape index (κ1) is 31.2. The minimum Gasteiger partial charge on any atom is -0.399 e. The smallest absolute Gasteiger partial charge is 0.285 e. The Kier molecular flexibility index (Phi) is 11.7. The summed E-state index contributed by atoms with van der Waals surface area (Å²) in [6.45, 7) is 15.5. The number of hydrogen-bond acceptors (Lipinski definition) is 5. The van der Waals surface area contributed by atoms with Gasteiger partial charge in [0.15, 0.2) is 0 Å².